The number of imide groups is 1. The first-order valence-electron chi connectivity index (χ1n) is 23.5. The Balaban J connectivity index is 0.723. The summed E-state index contributed by atoms with van der Waals surface area (Å²) in [5.74, 6) is 7.69. The van der Waals surface area contributed by atoms with Gasteiger partial charge < -0.3 is 30.1 Å². The normalized spacial score (nSPS) is 22.1. The van der Waals surface area contributed by atoms with Gasteiger partial charge in [0.05, 0.1) is 31.2 Å². The molecule has 1 saturated heterocycles. The van der Waals surface area contributed by atoms with E-state index >= 15 is 0 Å². The Morgan fingerprint density at radius 2 is 1.78 bits per heavy atom. The third-order valence-corrected chi connectivity index (χ3v) is 14.0. The second-order valence-corrected chi connectivity index (χ2v) is 18.0. The standard InChI is InChI=1S/C49H59N11O5/c1-4-40-48(64)57(2)42-28-51-49(54-45(42)60(40)35-15-9-10-16-35)52-38-23-18-32(27-43(38)65-3)39-30-59(56-55-39)34-21-19-33(20-22-34)50-26-11-7-5-6-8-13-31-14-12-17-36-37(31)29-58(47(36)63)41-24-25-44(61)53-46(41)62/h12,14,17-18,23,27-28,30,33-35,40-41,50H,4-7,9-11,15-16,19-22,24-26,29H2,1-3H3,(H,51,52,54)(H,53,61,62)/t33?,34?,40-,41?/m1/s1. The first-order valence-corrected chi connectivity index (χ1v) is 23.5. The Kier molecular flexibility index (Phi) is 13.1. The van der Waals surface area contributed by atoms with E-state index in [0.717, 1.165) is 130 Å². The van der Waals surface area contributed by atoms with Gasteiger partial charge in [-0.1, -0.05) is 55.4 Å². The van der Waals surface area contributed by atoms with Crippen LogP contribution in [0.2, 0.25) is 0 Å². The molecule has 2 saturated carbocycles. The van der Waals surface area contributed by atoms with E-state index in [9.17, 15) is 19.2 Å². The third kappa shape index (κ3) is 9.16. The predicted octanol–water partition coefficient (Wildman–Crippen LogP) is 6.44. The minimum absolute atomic E-state index is 0.0912. The second-order valence-electron chi connectivity index (χ2n) is 18.0. The lowest BCUT2D eigenvalue weighted by molar-refractivity contribution is -0.137. The SMILES string of the molecule is CC[C@@H]1C(=O)N(C)c2cnc(Nc3ccc(-c4cn(C5CCC(NCCCCCC#Cc6cccc7c6CN(C6CCC(=O)NC6=O)C7=O)CC5)nn4)cc3OC)nc2N1C1CCCC1. The van der Waals surface area contributed by atoms with Crippen molar-refractivity contribution in [3.8, 4) is 28.8 Å². The molecule has 16 nitrogen and oxygen atoms in total. The number of aromatic nitrogens is 5. The molecule has 340 valence electrons. The number of hydrogen-bond donors (Lipinski definition) is 3. The molecular weight excluding hydrogens is 823 g/mol. The van der Waals surface area contributed by atoms with Crippen LogP contribution in [0.5, 0.6) is 5.75 Å². The smallest absolute Gasteiger partial charge is 0.255 e. The van der Waals surface area contributed by atoms with Gasteiger partial charge in [0.1, 0.15) is 29.2 Å². The summed E-state index contributed by atoms with van der Waals surface area (Å²) < 4.78 is 7.86. The number of hydrogen-bond acceptors (Lipinski definition) is 12. The zero-order valence-electron chi connectivity index (χ0n) is 37.6. The van der Waals surface area contributed by atoms with E-state index in [4.69, 9.17) is 9.72 Å². The molecule has 3 aliphatic heterocycles. The van der Waals surface area contributed by atoms with Gasteiger partial charge in [0.15, 0.2) is 5.82 Å². The summed E-state index contributed by atoms with van der Waals surface area (Å²) in [4.78, 5) is 65.6. The lowest BCUT2D eigenvalue weighted by Crippen LogP contribution is -2.55. The van der Waals surface area contributed by atoms with Crippen molar-refractivity contribution >= 4 is 46.8 Å². The number of rotatable bonds is 14. The topological polar surface area (TPSA) is 180 Å². The molecule has 16 heteroatoms. The number of unbranched alkanes of at least 4 members (excludes halogenated alkanes) is 3. The summed E-state index contributed by atoms with van der Waals surface area (Å²) >= 11 is 0. The van der Waals surface area contributed by atoms with Crippen LogP contribution < -0.4 is 30.5 Å². The highest BCUT2D eigenvalue weighted by Gasteiger charge is 2.42. The Labute approximate surface area is 380 Å². The van der Waals surface area contributed by atoms with Gasteiger partial charge in [-0.25, -0.2) is 9.67 Å². The van der Waals surface area contributed by atoms with Gasteiger partial charge in [-0.2, -0.15) is 4.98 Å². The summed E-state index contributed by atoms with van der Waals surface area (Å²) in [6, 6.07) is 11.7. The van der Waals surface area contributed by atoms with Gasteiger partial charge in [0, 0.05) is 55.2 Å². The highest BCUT2D eigenvalue weighted by Crippen LogP contribution is 2.41. The summed E-state index contributed by atoms with van der Waals surface area (Å²) in [5.41, 5.74) is 5.44. The molecule has 9 rings (SSSR count). The number of ether oxygens (including phenoxy) is 1. The molecule has 5 aliphatic rings. The molecule has 5 heterocycles. The number of anilines is 4. The van der Waals surface area contributed by atoms with Crippen LogP contribution in [0.1, 0.15) is 131 Å². The highest BCUT2D eigenvalue weighted by molar-refractivity contribution is 6.06. The molecule has 3 fully saturated rings. The van der Waals surface area contributed by atoms with Crippen LogP contribution in [0.4, 0.5) is 23.1 Å². The molecule has 4 amide bonds. The number of fused-ring (bicyclic) bond motifs is 2. The number of nitrogens with zero attached hydrogens (tertiary/aromatic N) is 8. The second kappa shape index (κ2) is 19.4. The summed E-state index contributed by atoms with van der Waals surface area (Å²) in [6.45, 7) is 3.37. The fraction of sp³-hybridized carbons (Fsp3) is 0.510. The minimum atomic E-state index is -0.629. The zero-order valence-corrected chi connectivity index (χ0v) is 37.6. The maximum atomic E-state index is 13.3. The van der Waals surface area contributed by atoms with Gasteiger partial charge in [-0.15, -0.1) is 5.10 Å². The minimum Gasteiger partial charge on any atom is -0.495 e. The van der Waals surface area contributed by atoms with Gasteiger partial charge >= 0.3 is 0 Å². The number of piperidine rings is 1. The van der Waals surface area contributed by atoms with E-state index in [1.54, 1.807) is 29.2 Å². The van der Waals surface area contributed by atoms with Gasteiger partial charge in [-0.3, -0.25) is 24.5 Å². The number of likely N-dealkylation sites (N-methyl/N-ethyl adjacent to an activating group) is 1. The van der Waals surface area contributed by atoms with Crippen molar-refractivity contribution < 1.29 is 23.9 Å². The van der Waals surface area contributed by atoms with Crippen molar-refractivity contribution in [2.45, 2.75) is 140 Å². The average Bonchev–Trinajstić information content (AvgIpc) is 4.11. The van der Waals surface area contributed by atoms with E-state index < -0.39 is 11.9 Å². The van der Waals surface area contributed by atoms with Crippen LogP contribution in [0.15, 0.2) is 48.8 Å². The molecule has 0 radical (unpaired) electrons. The van der Waals surface area contributed by atoms with E-state index in [2.05, 4.69) is 54.9 Å². The Morgan fingerprint density at radius 3 is 2.57 bits per heavy atom. The quantitative estimate of drug-likeness (QED) is 0.0719. The van der Waals surface area contributed by atoms with Crippen LogP contribution >= 0.6 is 0 Å². The number of carbonyl (C=O) groups excluding carboxylic acids is 4. The molecule has 2 aromatic carbocycles. The first kappa shape index (κ1) is 43.9. The lowest BCUT2D eigenvalue weighted by Gasteiger charge is -2.43. The van der Waals surface area contributed by atoms with Gasteiger partial charge in [-0.05, 0) is 101 Å². The monoisotopic (exact) mass is 881 g/mol. The van der Waals surface area contributed by atoms with Crippen molar-refractivity contribution in [1.82, 2.24) is 40.5 Å². The zero-order chi connectivity index (χ0) is 45.0. The summed E-state index contributed by atoms with van der Waals surface area (Å²) in [6.07, 6.45) is 17.7. The molecule has 0 spiro atoms. The lowest BCUT2D eigenvalue weighted by atomic mass is 9.91. The molecule has 3 N–H and O–H groups in total. The molecule has 2 aromatic heterocycles. The largest absolute Gasteiger partial charge is 0.495 e. The van der Waals surface area contributed by atoms with Crippen LogP contribution in [-0.2, 0) is 20.9 Å². The maximum Gasteiger partial charge on any atom is 0.255 e. The molecule has 1 unspecified atom stereocenters. The molecular formula is C49H59N11O5. The maximum absolute atomic E-state index is 13.3. The Bertz CT molecular complexity index is 2500. The van der Waals surface area contributed by atoms with Crippen LogP contribution in [0, 0.1) is 11.8 Å². The molecule has 0 bridgehead atoms. The van der Waals surface area contributed by atoms with E-state index in [0.29, 0.717) is 48.4 Å². The van der Waals surface area contributed by atoms with Crippen molar-refractivity contribution in [3.05, 3.63) is 65.5 Å². The van der Waals surface area contributed by atoms with E-state index in [1.165, 1.54) is 0 Å². The number of amides is 4. The van der Waals surface area contributed by atoms with Crippen LogP contribution in [0.3, 0.4) is 0 Å². The number of benzene rings is 2. The third-order valence-electron chi connectivity index (χ3n) is 14.0. The number of methoxy groups -OCH3 is 1. The summed E-state index contributed by atoms with van der Waals surface area (Å²) in [7, 11) is 3.46. The first-order chi connectivity index (χ1) is 31.7. The van der Waals surface area contributed by atoms with E-state index in [1.807, 2.05) is 48.3 Å². The van der Waals surface area contributed by atoms with Crippen molar-refractivity contribution in [3.63, 3.8) is 0 Å². The predicted molar refractivity (Wildman–Crippen MR) is 247 cm³/mol. The molecule has 2 aliphatic carbocycles. The van der Waals surface area contributed by atoms with Crippen LogP contribution in [0.25, 0.3) is 11.3 Å². The van der Waals surface area contributed by atoms with Crippen LogP contribution in [-0.4, -0.2) is 98.4 Å². The Hall–Kier alpha value is -6.34. The van der Waals surface area contributed by atoms with E-state index in [-0.39, 0.29) is 30.2 Å². The van der Waals surface area contributed by atoms with Crippen molar-refractivity contribution in [2.24, 2.45) is 0 Å². The molecule has 4 aromatic rings. The highest BCUT2D eigenvalue weighted by atomic mass is 16.5. The van der Waals surface area contributed by atoms with Gasteiger partial charge in [0.25, 0.3) is 5.91 Å². The average molecular weight is 882 g/mol. The number of nitrogens with one attached hydrogen (secondary N) is 3. The molecule has 65 heavy (non-hydrogen) atoms. The van der Waals surface area contributed by atoms with Crippen molar-refractivity contribution in [1.29, 1.82) is 0 Å². The van der Waals surface area contributed by atoms with Crippen molar-refractivity contribution in [2.75, 3.05) is 35.8 Å². The summed E-state index contributed by atoms with van der Waals surface area (Å²) in [5, 5.41) is 18.6. The van der Waals surface area contributed by atoms with Gasteiger partial charge in [0.2, 0.25) is 23.7 Å². The number of carbonyl (C=O) groups is 4. The fourth-order valence-electron chi connectivity index (χ4n) is 10.3. The molecule has 2 atom stereocenters. The fourth-order valence-corrected chi connectivity index (χ4v) is 10.3. The Morgan fingerprint density at radius 1 is 0.954 bits per heavy atom.